The molecule has 0 aromatic heterocycles. The standard InChI is InChI=1S/C21H23NO5/c1-12(2)19(23)18(20(24)25)22-21(26)27-11-17-15-9-5-3-7-13(15)14-8-4-6-10-16(14)17/h3-10,12,17-19,23H,11H2,1-2H3,(H,22,26)(H,24,25)/t18-,19-/m1/s1. The van der Waals surface area contributed by atoms with Crippen molar-refractivity contribution >= 4 is 12.1 Å². The van der Waals surface area contributed by atoms with Gasteiger partial charge in [0.15, 0.2) is 6.04 Å². The first kappa shape index (κ1) is 18.9. The van der Waals surface area contributed by atoms with Crippen LogP contribution in [0.25, 0.3) is 11.1 Å². The van der Waals surface area contributed by atoms with Gasteiger partial charge >= 0.3 is 12.1 Å². The van der Waals surface area contributed by atoms with Crippen LogP contribution in [0.3, 0.4) is 0 Å². The lowest BCUT2D eigenvalue weighted by Gasteiger charge is -2.23. The molecule has 0 saturated heterocycles. The molecular formula is C21H23NO5. The van der Waals surface area contributed by atoms with Gasteiger partial charge in [-0.05, 0) is 28.2 Å². The summed E-state index contributed by atoms with van der Waals surface area (Å²) in [6, 6.07) is 14.5. The topological polar surface area (TPSA) is 95.9 Å². The van der Waals surface area contributed by atoms with E-state index in [0.717, 1.165) is 22.3 Å². The maximum atomic E-state index is 12.2. The molecule has 3 N–H and O–H groups in total. The summed E-state index contributed by atoms with van der Waals surface area (Å²) < 4.78 is 5.33. The van der Waals surface area contributed by atoms with Gasteiger partial charge in [-0.1, -0.05) is 62.4 Å². The van der Waals surface area contributed by atoms with Crippen molar-refractivity contribution in [3.8, 4) is 11.1 Å². The number of alkyl carbamates (subject to hydrolysis) is 1. The van der Waals surface area contributed by atoms with E-state index in [-0.39, 0.29) is 18.4 Å². The number of carbonyl (C=O) groups is 2. The second kappa shape index (κ2) is 7.80. The second-order valence-corrected chi connectivity index (χ2v) is 7.02. The third-order valence-corrected chi connectivity index (χ3v) is 4.91. The molecule has 27 heavy (non-hydrogen) atoms. The molecule has 1 aliphatic rings. The maximum absolute atomic E-state index is 12.2. The van der Waals surface area contributed by atoms with Crippen LogP contribution < -0.4 is 5.32 Å². The normalized spacial score (nSPS) is 15.0. The second-order valence-electron chi connectivity index (χ2n) is 7.02. The van der Waals surface area contributed by atoms with Gasteiger partial charge in [0.05, 0.1) is 6.10 Å². The SMILES string of the molecule is CC(C)[C@@H](O)[C@@H](NC(=O)OCC1c2ccccc2-c2ccccc21)C(=O)O. The van der Waals surface area contributed by atoms with Crippen molar-refractivity contribution in [2.75, 3.05) is 6.61 Å². The van der Waals surface area contributed by atoms with Crippen LogP contribution in [0, 0.1) is 5.92 Å². The van der Waals surface area contributed by atoms with Crippen LogP contribution in [0.5, 0.6) is 0 Å². The van der Waals surface area contributed by atoms with Crippen molar-refractivity contribution in [3.63, 3.8) is 0 Å². The lowest BCUT2D eigenvalue weighted by Crippen LogP contribution is -2.50. The number of amides is 1. The highest BCUT2D eigenvalue weighted by molar-refractivity contribution is 5.81. The predicted octanol–water partition coefficient (Wildman–Crippen LogP) is 3.00. The predicted molar refractivity (Wildman–Crippen MR) is 100 cm³/mol. The summed E-state index contributed by atoms with van der Waals surface area (Å²) in [7, 11) is 0. The fourth-order valence-electron chi connectivity index (χ4n) is 3.45. The first-order valence-electron chi connectivity index (χ1n) is 8.92. The lowest BCUT2D eigenvalue weighted by atomic mass is 9.98. The van der Waals surface area contributed by atoms with Crippen LogP contribution in [0.2, 0.25) is 0 Å². The van der Waals surface area contributed by atoms with Gasteiger partial charge in [0.1, 0.15) is 6.61 Å². The fourth-order valence-corrected chi connectivity index (χ4v) is 3.45. The molecule has 0 unspecified atom stereocenters. The summed E-state index contributed by atoms with van der Waals surface area (Å²) in [5.74, 6) is -1.73. The number of carbonyl (C=O) groups excluding carboxylic acids is 1. The summed E-state index contributed by atoms with van der Waals surface area (Å²) in [4.78, 5) is 23.5. The van der Waals surface area contributed by atoms with Gasteiger partial charge in [-0.3, -0.25) is 0 Å². The highest BCUT2D eigenvalue weighted by Gasteiger charge is 2.32. The number of carboxylic acid groups (broad SMARTS) is 1. The Balaban J connectivity index is 1.71. The number of fused-ring (bicyclic) bond motifs is 3. The monoisotopic (exact) mass is 369 g/mol. The number of rotatable bonds is 6. The van der Waals surface area contributed by atoms with E-state index in [4.69, 9.17) is 4.74 Å². The summed E-state index contributed by atoms with van der Waals surface area (Å²) >= 11 is 0. The van der Waals surface area contributed by atoms with Crippen LogP contribution in [-0.4, -0.2) is 41.0 Å². The maximum Gasteiger partial charge on any atom is 0.407 e. The Kier molecular flexibility index (Phi) is 5.46. The molecule has 2 atom stereocenters. The fraction of sp³-hybridized carbons (Fsp3) is 0.333. The van der Waals surface area contributed by atoms with E-state index >= 15 is 0 Å². The van der Waals surface area contributed by atoms with E-state index in [1.807, 2.05) is 48.5 Å². The van der Waals surface area contributed by atoms with Gasteiger partial charge in [-0.15, -0.1) is 0 Å². The van der Waals surface area contributed by atoms with Gasteiger partial charge in [0.2, 0.25) is 0 Å². The Morgan fingerprint density at radius 3 is 2.04 bits per heavy atom. The Morgan fingerprint density at radius 2 is 1.56 bits per heavy atom. The number of carboxylic acids is 1. The third kappa shape index (κ3) is 3.80. The van der Waals surface area contributed by atoms with E-state index in [9.17, 15) is 19.8 Å². The number of aliphatic hydroxyl groups excluding tert-OH is 1. The van der Waals surface area contributed by atoms with Crippen molar-refractivity contribution in [1.29, 1.82) is 0 Å². The largest absolute Gasteiger partial charge is 0.480 e. The number of hydrogen-bond acceptors (Lipinski definition) is 4. The Bertz CT molecular complexity index is 802. The van der Waals surface area contributed by atoms with Crippen molar-refractivity contribution in [1.82, 2.24) is 5.32 Å². The molecule has 0 fully saturated rings. The van der Waals surface area contributed by atoms with Gasteiger partial charge in [-0.25, -0.2) is 9.59 Å². The van der Waals surface area contributed by atoms with Crippen molar-refractivity contribution < 1.29 is 24.5 Å². The summed E-state index contributed by atoms with van der Waals surface area (Å²) in [6.07, 6.45) is -2.06. The molecule has 0 radical (unpaired) electrons. The zero-order valence-electron chi connectivity index (χ0n) is 15.3. The van der Waals surface area contributed by atoms with Crippen molar-refractivity contribution in [2.24, 2.45) is 5.92 Å². The van der Waals surface area contributed by atoms with Crippen LogP contribution in [0.1, 0.15) is 30.9 Å². The number of nitrogens with one attached hydrogen (secondary N) is 1. The number of benzene rings is 2. The quantitative estimate of drug-likeness (QED) is 0.727. The van der Waals surface area contributed by atoms with Gasteiger partial charge in [0.25, 0.3) is 0 Å². The molecule has 6 nitrogen and oxygen atoms in total. The molecule has 0 saturated carbocycles. The molecular weight excluding hydrogens is 346 g/mol. The van der Waals surface area contributed by atoms with E-state index < -0.39 is 24.2 Å². The molecule has 1 aliphatic carbocycles. The average Bonchev–Trinajstić information content (AvgIpc) is 2.97. The van der Waals surface area contributed by atoms with Crippen LogP contribution in [0.15, 0.2) is 48.5 Å². The first-order valence-corrected chi connectivity index (χ1v) is 8.92. The first-order chi connectivity index (χ1) is 12.9. The van der Waals surface area contributed by atoms with E-state index in [0.29, 0.717) is 0 Å². The van der Waals surface area contributed by atoms with Crippen molar-refractivity contribution in [2.45, 2.75) is 31.9 Å². The minimum Gasteiger partial charge on any atom is -0.480 e. The minimum absolute atomic E-state index is 0.0873. The molecule has 1 amide bonds. The van der Waals surface area contributed by atoms with Gasteiger partial charge in [0, 0.05) is 5.92 Å². The number of aliphatic hydroxyl groups is 1. The van der Waals surface area contributed by atoms with Gasteiger partial charge < -0.3 is 20.3 Å². The third-order valence-electron chi connectivity index (χ3n) is 4.91. The molecule has 2 aromatic carbocycles. The summed E-state index contributed by atoms with van der Waals surface area (Å²) in [5, 5.41) is 21.5. The molecule has 142 valence electrons. The minimum atomic E-state index is -1.42. The Hall–Kier alpha value is -2.86. The van der Waals surface area contributed by atoms with E-state index in [1.165, 1.54) is 0 Å². The number of hydrogen-bond donors (Lipinski definition) is 3. The molecule has 0 bridgehead atoms. The molecule has 6 heteroatoms. The molecule has 0 spiro atoms. The van der Waals surface area contributed by atoms with Crippen LogP contribution in [0.4, 0.5) is 4.79 Å². The highest BCUT2D eigenvalue weighted by Crippen LogP contribution is 2.44. The molecule has 2 aromatic rings. The highest BCUT2D eigenvalue weighted by atomic mass is 16.5. The summed E-state index contributed by atoms with van der Waals surface area (Å²) in [5.41, 5.74) is 4.37. The zero-order valence-corrected chi connectivity index (χ0v) is 15.3. The lowest BCUT2D eigenvalue weighted by molar-refractivity contribution is -0.143. The molecule has 0 aliphatic heterocycles. The Morgan fingerprint density at radius 1 is 1.04 bits per heavy atom. The average molecular weight is 369 g/mol. The molecule has 0 heterocycles. The van der Waals surface area contributed by atoms with Crippen molar-refractivity contribution in [3.05, 3.63) is 59.7 Å². The van der Waals surface area contributed by atoms with Gasteiger partial charge in [-0.2, -0.15) is 0 Å². The zero-order chi connectivity index (χ0) is 19.6. The van der Waals surface area contributed by atoms with Crippen LogP contribution in [-0.2, 0) is 9.53 Å². The van der Waals surface area contributed by atoms with Crippen LogP contribution >= 0.6 is 0 Å². The number of ether oxygens (including phenoxy) is 1. The van der Waals surface area contributed by atoms with E-state index in [1.54, 1.807) is 13.8 Å². The van der Waals surface area contributed by atoms with E-state index in [2.05, 4.69) is 5.32 Å². The smallest absolute Gasteiger partial charge is 0.407 e. The molecule has 3 rings (SSSR count). The Labute approximate surface area is 157 Å². The summed E-state index contributed by atoms with van der Waals surface area (Å²) in [6.45, 7) is 3.45. The number of aliphatic carboxylic acids is 1.